The lowest BCUT2D eigenvalue weighted by molar-refractivity contribution is -0.274. The number of ether oxygens (including phenoxy) is 1. The third-order valence-electron chi connectivity index (χ3n) is 8.15. The molecule has 3 amide bonds. The summed E-state index contributed by atoms with van der Waals surface area (Å²) in [6.07, 6.45) is -2.24. The minimum Gasteiger partial charge on any atom is -0.406 e. The van der Waals surface area contributed by atoms with Gasteiger partial charge in [0, 0.05) is 44.7 Å². The van der Waals surface area contributed by atoms with E-state index < -0.39 is 12.3 Å². The van der Waals surface area contributed by atoms with Gasteiger partial charge < -0.3 is 19.4 Å². The molecule has 3 aliphatic heterocycles. The quantitative estimate of drug-likeness (QED) is 0.542. The van der Waals surface area contributed by atoms with Crippen LogP contribution in [0.1, 0.15) is 42.4 Å². The van der Waals surface area contributed by atoms with Crippen molar-refractivity contribution in [3.8, 4) is 5.75 Å². The van der Waals surface area contributed by atoms with Gasteiger partial charge in [0.05, 0.1) is 11.5 Å². The highest BCUT2D eigenvalue weighted by molar-refractivity contribution is 6.01. The number of amides is 3. The van der Waals surface area contributed by atoms with Gasteiger partial charge in [0.25, 0.3) is 0 Å². The molecule has 7 nitrogen and oxygen atoms in total. The van der Waals surface area contributed by atoms with Gasteiger partial charge in [0.2, 0.25) is 17.7 Å². The van der Waals surface area contributed by atoms with Crippen LogP contribution in [0.5, 0.6) is 5.75 Å². The zero-order chi connectivity index (χ0) is 27.9. The summed E-state index contributed by atoms with van der Waals surface area (Å²) in [4.78, 5) is 44.7. The van der Waals surface area contributed by atoms with Crippen LogP contribution in [-0.4, -0.2) is 65.6 Å². The first-order valence-electron chi connectivity index (χ1n) is 13.3. The van der Waals surface area contributed by atoms with Crippen LogP contribution in [0, 0.1) is 19.8 Å². The van der Waals surface area contributed by atoms with Crippen molar-refractivity contribution >= 4 is 23.4 Å². The van der Waals surface area contributed by atoms with Crippen molar-refractivity contribution in [1.29, 1.82) is 0 Å². The molecule has 0 aliphatic carbocycles. The molecule has 10 heteroatoms. The van der Waals surface area contributed by atoms with Crippen molar-refractivity contribution in [2.45, 2.75) is 57.9 Å². The van der Waals surface area contributed by atoms with Gasteiger partial charge in [-0.1, -0.05) is 30.3 Å². The minimum absolute atomic E-state index is 0.0112. The predicted molar refractivity (Wildman–Crippen MR) is 138 cm³/mol. The number of carbonyl (C=O) groups excluding carboxylic acids is 3. The van der Waals surface area contributed by atoms with E-state index in [-0.39, 0.29) is 41.9 Å². The molecular formula is C29H32F3N3O4. The molecule has 3 saturated heterocycles. The lowest BCUT2D eigenvalue weighted by atomic mass is 9.85. The van der Waals surface area contributed by atoms with E-state index >= 15 is 0 Å². The highest BCUT2D eigenvalue weighted by Crippen LogP contribution is 2.40. The van der Waals surface area contributed by atoms with E-state index in [1.54, 1.807) is 9.80 Å². The molecule has 1 spiro atoms. The highest BCUT2D eigenvalue weighted by atomic mass is 19.4. The highest BCUT2D eigenvalue weighted by Gasteiger charge is 2.54. The van der Waals surface area contributed by atoms with Crippen LogP contribution in [0.3, 0.4) is 0 Å². The Kier molecular flexibility index (Phi) is 7.07. The summed E-state index contributed by atoms with van der Waals surface area (Å²) in [5, 5.41) is 0. The number of para-hydroxylation sites is 1. The van der Waals surface area contributed by atoms with E-state index in [4.69, 9.17) is 0 Å². The maximum atomic E-state index is 13.6. The maximum absolute atomic E-state index is 13.6. The lowest BCUT2D eigenvalue weighted by Gasteiger charge is -2.53. The Morgan fingerprint density at radius 3 is 2.36 bits per heavy atom. The Morgan fingerprint density at radius 1 is 1.05 bits per heavy atom. The number of hydrogen-bond donors (Lipinski definition) is 0. The number of hydrogen-bond acceptors (Lipinski definition) is 4. The zero-order valence-electron chi connectivity index (χ0n) is 22.1. The third-order valence-corrected chi connectivity index (χ3v) is 8.15. The molecule has 0 aromatic heterocycles. The van der Waals surface area contributed by atoms with Gasteiger partial charge in [-0.3, -0.25) is 14.4 Å². The van der Waals surface area contributed by atoms with Gasteiger partial charge in [0.15, 0.2) is 0 Å². The summed E-state index contributed by atoms with van der Waals surface area (Å²) in [6.45, 7) is 5.87. The first-order valence-corrected chi connectivity index (χ1v) is 13.3. The summed E-state index contributed by atoms with van der Waals surface area (Å²) < 4.78 is 40.9. The van der Waals surface area contributed by atoms with E-state index in [2.05, 4.69) is 4.74 Å². The zero-order valence-corrected chi connectivity index (χ0v) is 22.1. The Balaban J connectivity index is 1.16. The number of alkyl halides is 3. The molecule has 5 rings (SSSR count). The second kappa shape index (κ2) is 10.2. The molecule has 0 saturated carbocycles. The van der Waals surface area contributed by atoms with E-state index in [0.29, 0.717) is 32.6 Å². The summed E-state index contributed by atoms with van der Waals surface area (Å²) in [7, 11) is 0. The minimum atomic E-state index is -4.74. The van der Waals surface area contributed by atoms with Crippen LogP contribution < -0.4 is 9.64 Å². The van der Waals surface area contributed by atoms with E-state index in [1.807, 2.05) is 36.9 Å². The van der Waals surface area contributed by atoms with Crippen LogP contribution in [-0.2, 0) is 20.8 Å². The van der Waals surface area contributed by atoms with E-state index in [9.17, 15) is 27.6 Å². The Morgan fingerprint density at radius 2 is 1.72 bits per heavy atom. The molecular weight excluding hydrogens is 511 g/mol. The molecule has 2 aromatic carbocycles. The van der Waals surface area contributed by atoms with Gasteiger partial charge in [-0.25, -0.2) is 0 Å². The third kappa shape index (κ3) is 5.46. The summed E-state index contributed by atoms with van der Waals surface area (Å²) >= 11 is 0. The second-order valence-corrected chi connectivity index (χ2v) is 10.9. The molecule has 3 aliphatic rings. The van der Waals surface area contributed by atoms with Crippen LogP contribution >= 0.6 is 0 Å². The SMILES string of the molecule is Cc1cccc(C)c1N1CC(C(=O)N2CCCC23CN(C(=O)CCc2ccc(OC(F)(F)F)cc2)C3)CC1=O. The van der Waals surface area contributed by atoms with E-state index in [0.717, 1.165) is 35.2 Å². The maximum Gasteiger partial charge on any atom is 0.573 e. The Bertz CT molecular complexity index is 1250. The number of carbonyl (C=O) groups is 3. The second-order valence-electron chi connectivity index (χ2n) is 10.9. The molecule has 39 heavy (non-hydrogen) atoms. The first-order chi connectivity index (χ1) is 18.5. The topological polar surface area (TPSA) is 70.2 Å². The van der Waals surface area contributed by atoms with Crippen molar-refractivity contribution in [1.82, 2.24) is 9.80 Å². The fourth-order valence-corrected chi connectivity index (χ4v) is 6.26. The van der Waals surface area contributed by atoms with Gasteiger partial charge in [-0.15, -0.1) is 13.2 Å². The average Bonchev–Trinajstić information content (AvgIpc) is 3.45. The molecule has 208 valence electrons. The number of benzene rings is 2. The largest absolute Gasteiger partial charge is 0.573 e. The van der Waals surface area contributed by atoms with Crippen molar-refractivity contribution < 1.29 is 32.3 Å². The summed E-state index contributed by atoms with van der Waals surface area (Å²) in [5.74, 6) is -0.798. The molecule has 3 fully saturated rings. The molecule has 1 atom stereocenters. The van der Waals surface area contributed by atoms with Crippen molar-refractivity contribution in [3.05, 3.63) is 59.2 Å². The number of halogens is 3. The fourth-order valence-electron chi connectivity index (χ4n) is 6.26. The summed E-state index contributed by atoms with van der Waals surface area (Å²) in [6, 6.07) is 11.4. The number of likely N-dealkylation sites (tertiary alicyclic amines) is 2. The van der Waals surface area contributed by atoms with Gasteiger partial charge in [-0.2, -0.15) is 0 Å². The predicted octanol–water partition coefficient (Wildman–Crippen LogP) is 4.39. The van der Waals surface area contributed by atoms with Crippen molar-refractivity contribution in [2.75, 3.05) is 31.1 Å². The normalized spacial score (nSPS) is 20.5. The monoisotopic (exact) mass is 543 g/mol. The van der Waals surface area contributed by atoms with Crippen LogP contribution in [0.25, 0.3) is 0 Å². The molecule has 0 radical (unpaired) electrons. The molecule has 3 heterocycles. The molecule has 0 bridgehead atoms. The molecule has 0 N–H and O–H groups in total. The van der Waals surface area contributed by atoms with Crippen LogP contribution in [0.15, 0.2) is 42.5 Å². The number of rotatable bonds is 6. The van der Waals surface area contributed by atoms with Crippen molar-refractivity contribution in [3.63, 3.8) is 0 Å². The Hall–Kier alpha value is -3.56. The number of nitrogens with zero attached hydrogens (tertiary/aromatic N) is 3. The van der Waals surface area contributed by atoms with Gasteiger partial charge in [-0.05, 0) is 61.9 Å². The Labute approximate surface area is 225 Å². The number of aryl methyl sites for hydroxylation is 3. The lowest BCUT2D eigenvalue weighted by Crippen LogP contribution is -2.70. The number of anilines is 1. The van der Waals surface area contributed by atoms with Gasteiger partial charge in [0.1, 0.15) is 5.75 Å². The molecule has 1 unspecified atom stereocenters. The standard InChI is InChI=1S/C29H32F3N3O4/c1-19-5-3-6-20(2)26(19)34-16-22(15-25(34)37)27(38)35-14-4-13-28(35)17-33(18-28)24(36)12-9-21-7-10-23(11-8-21)39-29(30,31)32/h3,5-8,10-11,22H,4,9,12-18H2,1-2H3. The average molecular weight is 544 g/mol. The molecule has 2 aromatic rings. The van der Waals surface area contributed by atoms with E-state index in [1.165, 1.54) is 24.3 Å². The van der Waals surface area contributed by atoms with Gasteiger partial charge >= 0.3 is 6.36 Å². The first kappa shape index (κ1) is 27.0. The van der Waals surface area contributed by atoms with Crippen LogP contribution in [0.4, 0.5) is 18.9 Å². The summed E-state index contributed by atoms with van der Waals surface area (Å²) in [5.41, 5.74) is 3.26. The smallest absolute Gasteiger partial charge is 0.406 e. The van der Waals surface area contributed by atoms with Crippen molar-refractivity contribution in [2.24, 2.45) is 5.92 Å². The van der Waals surface area contributed by atoms with Crippen LogP contribution in [0.2, 0.25) is 0 Å². The fraction of sp³-hybridized carbons (Fsp3) is 0.483.